The fourth-order valence-electron chi connectivity index (χ4n) is 1.51. The van der Waals surface area contributed by atoms with Crippen LogP contribution in [0.4, 0.5) is 0 Å². The summed E-state index contributed by atoms with van der Waals surface area (Å²) in [7, 11) is 0. The van der Waals surface area contributed by atoms with Crippen molar-refractivity contribution in [2.75, 3.05) is 0 Å². The number of carbonyl (C=O) groups is 1. The zero-order chi connectivity index (χ0) is 8.97. The Morgan fingerprint density at radius 2 is 2.50 bits per heavy atom. The third kappa shape index (κ3) is 2.68. The van der Waals surface area contributed by atoms with Gasteiger partial charge < -0.3 is 5.73 Å². The van der Waals surface area contributed by atoms with Crippen molar-refractivity contribution in [3.8, 4) is 0 Å². The average molecular weight is 167 g/mol. The van der Waals surface area contributed by atoms with Gasteiger partial charge in [-0.3, -0.25) is 4.79 Å². The molecule has 68 valence electrons. The van der Waals surface area contributed by atoms with Crippen LogP contribution in [0.25, 0.3) is 0 Å². The Hall–Kier alpha value is -0.790. The molecule has 12 heavy (non-hydrogen) atoms. The Balaban J connectivity index is 2.20. The zero-order valence-corrected chi connectivity index (χ0v) is 7.68. The number of primary amides is 1. The lowest BCUT2D eigenvalue weighted by molar-refractivity contribution is -0.121. The van der Waals surface area contributed by atoms with Crippen LogP contribution in [0.3, 0.4) is 0 Å². The Kier molecular flexibility index (Phi) is 3.32. The minimum atomic E-state index is -0.173. The van der Waals surface area contributed by atoms with E-state index in [1.54, 1.807) is 0 Å². The van der Waals surface area contributed by atoms with Crippen LogP contribution in [0, 0.1) is 5.92 Å². The topological polar surface area (TPSA) is 43.1 Å². The van der Waals surface area contributed by atoms with E-state index in [2.05, 4.69) is 6.08 Å². The molecule has 0 spiro atoms. The standard InChI is InChI=1S/C10H17NO/c1-8(10(11)12)6-7-9-4-2-3-5-9/h4,8H,2-3,5-7H2,1H3,(H2,11,12)/t8-/m0/s1. The monoisotopic (exact) mass is 167 g/mol. The lowest BCUT2D eigenvalue weighted by Crippen LogP contribution is -2.20. The van der Waals surface area contributed by atoms with E-state index >= 15 is 0 Å². The molecule has 0 saturated heterocycles. The molecule has 0 bridgehead atoms. The fraction of sp³-hybridized carbons (Fsp3) is 0.700. The second kappa shape index (κ2) is 4.29. The molecule has 0 saturated carbocycles. The van der Waals surface area contributed by atoms with Crippen molar-refractivity contribution in [1.82, 2.24) is 0 Å². The van der Waals surface area contributed by atoms with Gasteiger partial charge in [-0.15, -0.1) is 0 Å². The molecular formula is C10H17NO. The van der Waals surface area contributed by atoms with Gasteiger partial charge in [-0.2, -0.15) is 0 Å². The Bertz CT molecular complexity index is 196. The van der Waals surface area contributed by atoms with Crippen molar-refractivity contribution in [2.45, 2.75) is 39.0 Å². The Morgan fingerprint density at radius 1 is 1.75 bits per heavy atom. The molecule has 0 aromatic carbocycles. The predicted molar refractivity (Wildman–Crippen MR) is 49.5 cm³/mol. The highest BCUT2D eigenvalue weighted by atomic mass is 16.1. The first kappa shape index (κ1) is 9.30. The Labute approximate surface area is 73.8 Å². The molecule has 1 aliphatic rings. The summed E-state index contributed by atoms with van der Waals surface area (Å²) in [5.41, 5.74) is 6.68. The predicted octanol–water partition coefficient (Wildman–Crippen LogP) is 2.00. The zero-order valence-electron chi connectivity index (χ0n) is 7.68. The fourth-order valence-corrected chi connectivity index (χ4v) is 1.51. The van der Waals surface area contributed by atoms with Gasteiger partial charge in [0, 0.05) is 5.92 Å². The first-order chi connectivity index (χ1) is 5.70. The van der Waals surface area contributed by atoms with Crippen LogP contribution >= 0.6 is 0 Å². The van der Waals surface area contributed by atoms with Gasteiger partial charge in [0.25, 0.3) is 0 Å². The molecule has 0 heterocycles. The minimum absolute atomic E-state index is 0.0338. The van der Waals surface area contributed by atoms with Crippen molar-refractivity contribution < 1.29 is 4.79 Å². The summed E-state index contributed by atoms with van der Waals surface area (Å²) in [6.07, 6.45) is 8.02. The third-order valence-corrected chi connectivity index (χ3v) is 2.52. The van der Waals surface area contributed by atoms with Crippen molar-refractivity contribution in [1.29, 1.82) is 0 Å². The first-order valence-corrected chi connectivity index (χ1v) is 4.67. The average Bonchev–Trinajstić information content (AvgIpc) is 2.51. The van der Waals surface area contributed by atoms with Gasteiger partial charge in [0.2, 0.25) is 5.91 Å². The van der Waals surface area contributed by atoms with Crippen molar-refractivity contribution in [3.05, 3.63) is 11.6 Å². The van der Waals surface area contributed by atoms with Gasteiger partial charge in [-0.05, 0) is 32.1 Å². The summed E-state index contributed by atoms with van der Waals surface area (Å²) in [6.45, 7) is 1.90. The summed E-state index contributed by atoms with van der Waals surface area (Å²) in [5.74, 6) is -0.139. The summed E-state index contributed by atoms with van der Waals surface area (Å²) in [6, 6.07) is 0. The van der Waals surface area contributed by atoms with Crippen molar-refractivity contribution in [2.24, 2.45) is 11.7 Å². The number of carbonyl (C=O) groups excluding carboxylic acids is 1. The largest absolute Gasteiger partial charge is 0.369 e. The van der Waals surface area contributed by atoms with E-state index in [4.69, 9.17) is 5.73 Å². The molecular weight excluding hydrogens is 150 g/mol. The van der Waals surface area contributed by atoms with Gasteiger partial charge in [0.15, 0.2) is 0 Å². The molecule has 2 nitrogen and oxygen atoms in total. The van der Waals surface area contributed by atoms with E-state index in [1.807, 2.05) is 6.92 Å². The number of amides is 1. The molecule has 2 heteroatoms. The molecule has 0 radical (unpaired) electrons. The van der Waals surface area contributed by atoms with E-state index in [-0.39, 0.29) is 11.8 Å². The quantitative estimate of drug-likeness (QED) is 0.639. The number of allylic oxidation sites excluding steroid dienone is 2. The van der Waals surface area contributed by atoms with Crippen LogP contribution in [-0.2, 0) is 4.79 Å². The summed E-state index contributed by atoms with van der Waals surface area (Å²) < 4.78 is 0. The SMILES string of the molecule is C[C@@H](CCC1=CCCC1)C(N)=O. The number of hydrogen-bond acceptors (Lipinski definition) is 1. The molecule has 1 aliphatic carbocycles. The lowest BCUT2D eigenvalue weighted by Gasteiger charge is -2.06. The maximum Gasteiger partial charge on any atom is 0.220 e. The number of hydrogen-bond donors (Lipinski definition) is 1. The van der Waals surface area contributed by atoms with Crippen molar-refractivity contribution >= 4 is 5.91 Å². The minimum Gasteiger partial charge on any atom is -0.369 e. The van der Waals surface area contributed by atoms with Crippen LogP contribution in [0.15, 0.2) is 11.6 Å². The van der Waals surface area contributed by atoms with Gasteiger partial charge >= 0.3 is 0 Å². The summed E-state index contributed by atoms with van der Waals surface area (Å²) in [4.78, 5) is 10.7. The van der Waals surface area contributed by atoms with Crippen LogP contribution in [0.5, 0.6) is 0 Å². The van der Waals surface area contributed by atoms with Crippen LogP contribution in [-0.4, -0.2) is 5.91 Å². The highest BCUT2D eigenvalue weighted by Gasteiger charge is 2.10. The van der Waals surface area contributed by atoms with E-state index in [9.17, 15) is 4.79 Å². The highest BCUT2D eigenvalue weighted by molar-refractivity contribution is 5.76. The highest BCUT2D eigenvalue weighted by Crippen LogP contribution is 2.23. The van der Waals surface area contributed by atoms with Crippen LogP contribution < -0.4 is 5.73 Å². The molecule has 0 aromatic heterocycles. The smallest absolute Gasteiger partial charge is 0.220 e. The molecule has 1 rings (SSSR count). The molecule has 0 fully saturated rings. The maximum atomic E-state index is 10.7. The van der Waals surface area contributed by atoms with Gasteiger partial charge in [-0.25, -0.2) is 0 Å². The van der Waals surface area contributed by atoms with Crippen molar-refractivity contribution in [3.63, 3.8) is 0 Å². The molecule has 1 amide bonds. The van der Waals surface area contributed by atoms with E-state index in [1.165, 1.54) is 24.8 Å². The van der Waals surface area contributed by atoms with Gasteiger partial charge in [0.1, 0.15) is 0 Å². The molecule has 0 unspecified atom stereocenters. The summed E-state index contributed by atoms with van der Waals surface area (Å²) in [5, 5.41) is 0. The maximum absolute atomic E-state index is 10.7. The first-order valence-electron chi connectivity index (χ1n) is 4.67. The molecule has 1 atom stereocenters. The normalized spacial score (nSPS) is 18.9. The van der Waals surface area contributed by atoms with Gasteiger partial charge in [0.05, 0.1) is 0 Å². The van der Waals surface area contributed by atoms with E-state index in [0.29, 0.717) is 0 Å². The Morgan fingerprint density at radius 3 is 3.00 bits per heavy atom. The van der Waals surface area contributed by atoms with Gasteiger partial charge in [-0.1, -0.05) is 18.6 Å². The summed E-state index contributed by atoms with van der Waals surface area (Å²) >= 11 is 0. The molecule has 0 aliphatic heterocycles. The third-order valence-electron chi connectivity index (χ3n) is 2.52. The van der Waals surface area contributed by atoms with Crippen LogP contribution in [0.2, 0.25) is 0 Å². The van der Waals surface area contributed by atoms with E-state index in [0.717, 1.165) is 12.8 Å². The molecule has 0 aromatic rings. The van der Waals surface area contributed by atoms with Crippen LogP contribution in [0.1, 0.15) is 39.0 Å². The number of nitrogens with two attached hydrogens (primary N) is 1. The second-order valence-corrected chi connectivity index (χ2v) is 3.60. The van der Waals surface area contributed by atoms with E-state index < -0.39 is 0 Å². The molecule has 2 N–H and O–H groups in total. The second-order valence-electron chi connectivity index (χ2n) is 3.60. The number of rotatable bonds is 4. The lowest BCUT2D eigenvalue weighted by atomic mass is 10.0.